The van der Waals surface area contributed by atoms with Gasteiger partial charge in [-0.3, -0.25) is 9.36 Å². The van der Waals surface area contributed by atoms with Crippen LogP contribution >= 0.6 is 23.4 Å². The second-order valence-electron chi connectivity index (χ2n) is 6.81. The molecule has 0 aliphatic rings. The van der Waals surface area contributed by atoms with Crippen molar-refractivity contribution in [3.63, 3.8) is 0 Å². The van der Waals surface area contributed by atoms with Crippen molar-refractivity contribution in [2.45, 2.75) is 5.16 Å². The Hall–Kier alpha value is -3.62. The van der Waals surface area contributed by atoms with Gasteiger partial charge >= 0.3 is 0 Å². The Balaban J connectivity index is 1.49. The van der Waals surface area contributed by atoms with E-state index in [0.29, 0.717) is 21.8 Å². The minimum atomic E-state index is -0.262. The van der Waals surface area contributed by atoms with E-state index in [0.717, 1.165) is 16.8 Å². The molecule has 3 aromatic carbocycles. The summed E-state index contributed by atoms with van der Waals surface area (Å²) in [6, 6.07) is 24.6. The summed E-state index contributed by atoms with van der Waals surface area (Å²) < 4.78 is 7.19. The normalized spacial score (nSPS) is 11.0. The number of rotatable bonds is 8. The Morgan fingerprint density at radius 3 is 2.55 bits per heavy atom. The number of hydrogen-bond donors (Lipinski definition) is 1. The van der Waals surface area contributed by atoms with E-state index in [9.17, 15) is 4.79 Å². The van der Waals surface area contributed by atoms with Crippen LogP contribution in [0.15, 0.2) is 89.1 Å². The van der Waals surface area contributed by atoms with E-state index in [-0.39, 0.29) is 11.7 Å². The second kappa shape index (κ2) is 10.8. The van der Waals surface area contributed by atoms with Gasteiger partial charge in [-0.1, -0.05) is 53.7 Å². The van der Waals surface area contributed by atoms with E-state index >= 15 is 0 Å². The molecule has 0 saturated carbocycles. The third-order valence-electron chi connectivity index (χ3n) is 4.61. The van der Waals surface area contributed by atoms with Gasteiger partial charge in [-0.15, -0.1) is 10.2 Å². The Bertz CT molecular complexity index is 1260. The first-order chi connectivity index (χ1) is 16.2. The Morgan fingerprint density at radius 2 is 1.79 bits per heavy atom. The molecule has 0 atom stereocenters. The fourth-order valence-corrected chi connectivity index (χ4v) is 3.94. The summed E-state index contributed by atoms with van der Waals surface area (Å²) in [6.45, 7) is 0. The Labute approximate surface area is 200 Å². The number of benzene rings is 3. The van der Waals surface area contributed by atoms with Gasteiger partial charge in [-0.05, 0) is 48.5 Å². The summed E-state index contributed by atoms with van der Waals surface area (Å²) in [6.07, 6.45) is 1.55. The molecular formula is C24H20ClN5O2S. The van der Waals surface area contributed by atoms with Crippen molar-refractivity contribution in [2.24, 2.45) is 5.10 Å². The summed E-state index contributed by atoms with van der Waals surface area (Å²) >= 11 is 7.31. The van der Waals surface area contributed by atoms with Gasteiger partial charge in [0.1, 0.15) is 5.75 Å². The summed E-state index contributed by atoms with van der Waals surface area (Å²) in [4.78, 5) is 12.4. The highest BCUT2D eigenvalue weighted by Gasteiger charge is 2.17. The van der Waals surface area contributed by atoms with Crippen molar-refractivity contribution in [1.82, 2.24) is 20.2 Å². The van der Waals surface area contributed by atoms with Gasteiger partial charge in [0.2, 0.25) is 0 Å². The zero-order valence-electron chi connectivity index (χ0n) is 17.7. The van der Waals surface area contributed by atoms with Gasteiger partial charge in [-0.2, -0.15) is 5.10 Å². The first-order valence-electron chi connectivity index (χ1n) is 10.00. The quantitative estimate of drug-likeness (QED) is 0.223. The van der Waals surface area contributed by atoms with Crippen LogP contribution in [0.4, 0.5) is 0 Å². The fraction of sp³-hybridized carbons (Fsp3) is 0.0833. The molecule has 0 bridgehead atoms. The van der Waals surface area contributed by atoms with Crippen LogP contribution in [-0.2, 0) is 4.79 Å². The van der Waals surface area contributed by atoms with Crippen molar-refractivity contribution < 1.29 is 9.53 Å². The minimum Gasteiger partial charge on any atom is -0.496 e. The van der Waals surface area contributed by atoms with Crippen LogP contribution in [0.2, 0.25) is 5.02 Å². The molecule has 0 aliphatic heterocycles. The molecule has 7 nitrogen and oxygen atoms in total. The first kappa shape index (κ1) is 22.6. The van der Waals surface area contributed by atoms with Crippen LogP contribution in [0.3, 0.4) is 0 Å². The van der Waals surface area contributed by atoms with Crippen LogP contribution < -0.4 is 10.2 Å². The van der Waals surface area contributed by atoms with E-state index in [2.05, 4.69) is 20.7 Å². The number of hydrazone groups is 1. The third kappa shape index (κ3) is 5.60. The fourth-order valence-electron chi connectivity index (χ4n) is 3.07. The number of ether oxygens (including phenoxy) is 1. The molecule has 166 valence electrons. The van der Waals surface area contributed by atoms with Crippen LogP contribution in [0.25, 0.3) is 17.1 Å². The van der Waals surface area contributed by atoms with Crippen molar-refractivity contribution in [1.29, 1.82) is 0 Å². The zero-order valence-corrected chi connectivity index (χ0v) is 19.3. The van der Waals surface area contributed by atoms with E-state index in [1.165, 1.54) is 11.8 Å². The van der Waals surface area contributed by atoms with Crippen LogP contribution in [-0.4, -0.2) is 39.7 Å². The molecular weight excluding hydrogens is 458 g/mol. The molecule has 1 N–H and O–H groups in total. The number of hydrogen-bond acceptors (Lipinski definition) is 6. The molecule has 0 radical (unpaired) electrons. The number of carbonyl (C=O) groups excluding carboxylic acids is 1. The molecule has 33 heavy (non-hydrogen) atoms. The maximum atomic E-state index is 12.4. The number of aromatic nitrogens is 3. The number of amides is 1. The van der Waals surface area contributed by atoms with Gasteiger partial charge < -0.3 is 4.74 Å². The molecule has 0 aliphatic carbocycles. The number of methoxy groups -OCH3 is 1. The van der Waals surface area contributed by atoms with Gasteiger partial charge in [0.25, 0.3) is 5.91 Å². The van der Waals surface area contributed by atoms with Gasteiger partial charge in [0, 0.05) is 21.8 Å². The maximum absolute atomic E-state index is 12.4. The standard InChI is InChI=1S/C24H20ClN5O2S/c1-32-21-10-6-5-7-18(21)15-26-27-22(31)16-33-24-29-28-23(17-11-13-19(25)14-12-17)30(24)20-8-3-2-4-9-20/h2-15H,16H2,1H3,(H,27,31)/b26-15+. The number of nitrogens with zero attached hydrogens (tertiary/aromatic N) is 4. The van der Waals surface area contributed by atoms with Crippen molar-refractivity contribution >= 4 is 35.5 Å². The molecule has 0 spiro atoms. The van der Waals surface area contributed by atoms with Crippen LogP contribution in [0.1, 0.15) is 5.56 Å². The lowest BCUT2D eigenvalue weighted by molar-refractivity contribution is -0.118. The monoisotopic (exact) mass is 477 g/mol. The second-order valence-corrected chi connectivity index (χ2v) is 8.19. The molecule has 1 amide bonds. The highest BCUT2D eigenvalue weighted by molar-refractivity contribution is 7.99. The molecule has 1 heterocycles. The predicted octanol–water partition coefficient (Wildman–Crippen LogP) is 4.84. The molecule has 0 saturated heterocycles. The summed E-state index contributed by atoms with van der Waals surface area (Å²) in [7, 11) is 1.59. The lowest BCUT2D eigenvalue weighted by Crippen LogP contribution is -2.20. The highest BCUT2D eigenvalue weighted by Crippen LogP contribution is 2.28. The van der Waals surface area contributed by atoms with Gasteiger partial charge in [-0.25, -0.2) is 5.43 Å². The average molecular weight is 478 g/mol. The van der Waals surface area contributed by atoms with E-state index in [4.69, 9.17) is 16.3 Å². The number of thioether (sulfide) groups is 1. The van der Waals surface area contributed by atoms with Crippen molar-refractivity contribution in [3.05, 3.63) is 89.4 Å². The topological polar surface area (TPSA) is 81.4 Å². The number of nitrogens with one attached hydrogen (secondary N) is 1. The minimum absolute atomic E-state index is 0.120. The largest absolute Gasteiger partial charge is 0.496 e. The van der Waals surface area contributed by atoms with E-state index in [1.807, 2.05) is 71.3 Å². The third-order valence-corrected chi connectivity index (χ3v) is 5.80. The van der Waals surface area contributed by atoms with Crippen molar-refractivity contribution in [2.75, 3.05) is 12.9 Å². The summed E-state index contributed by atoms with van der Waals surface area (Å²) in [5.41, 5.74) is 5.07. The van der Waals surface area contributed by atoms with Crippen LogP contribution in [0, 0.1) is 0 Å². The van der Waals surface area contributed by atoms with Gasteiger partial charge in [0.05, 0.1) is 19.1 Å². The number of halogens is 1. The average Bonchev–Trinajstić information content (AvgIpc) is 3.28. The van der Waals surface area contributed by atoms with E-state index < -0.39 is 0 Å². The smallest absolute Gasteiger partial charge is 0.250 e. The van der Waals surface area contributed by atoms with E-state index in [1.54, 1.807) is 25.5 Å². The predicted molar refractivity (Wildman–Crippen MR) is 131 cm³/mol. The zero-order chi connectivity index (χ0) is 23.0. The number of carbonyl (C=O) groups is 1. The molecule has 0 fully saturated rings. The Morgan fingerprint density at radius 1 is 1.06 bits per heavy atom. The molecule has 0 unspecified atom stereocenters. The molecule has 4 rings (SSSR count). The summed E-state index contributed by atoms with van der Waals surface area (Å²) in [5.74, 6) is 1.20. The number of para-hydroxylation sites is 2. The van der Waals surface area contributed by atoms with Gasteiger partial charge in [0.15, 0.2) is 11.0 Å². The summed E-state index contributed by atoms with van der Waals surface area (Å²) in [5, 5.41) is 14.0. The van der Waals surface area contributed by atoms with Crippen LogP contribution in [0.5, 0.6) is 5.75 Å². The lowest BCUT2D eigenvalue weighted by atomic mass is 10.2. The SMILES string of the molecule is COc1ccccc1/C=N/NC(=O)CSc1nnc(-c2ccc(Cl)cc2)n1-c1ccccc1. The lowest BCUT2D eigenvalue weighted by Gasteiger charge is -2.10. The molecule has 1 aromatic heterocycles. The molecule has 9 heteroatoms. The first-order valence-corrected chi connectivity index (χ1v) is 11.4. The molecule has 4 aromatic rings. The highest BCUT2D eigenvalue weighted by atomic mass is 35.5. The maximum Gasteiger partial charge on any atom is 0.250 e. The van der Waals surface area contributed by atoms with Crippen molar-refractivity contribution in [3.8, 4) is 22.8 Å². The Kier molecular flexibility index (Phi) is 7.39.